The third-order valence-electron chi connectivity index (χ3n) is 4.86. The van der Waals surface area contributed by atoms with Crippen LogP contribution in [0.1, 0.15) is 23.3 Å². The number of benzene rings is 1. The molecule has 0 bridgehead atoms. The van der Waals surface area contributed by atoms with Crippen LogP contribution < -0.4 is 10.1 Å². The lowest BCUT2D eigenvalue weighted by atomic mass is 9.99. The smallest absolute Gasteiger partial charge is 0.422 e. The molecule has 11 heteroatoms. The van der Waals surface area contributed by atoms with E-state index in [1.54, 1.807) is 24.3 Å². The lowest BCUT2D eigenvalue weighted by Gasteiger charge is -2.30. The molecule has 3 rings (SSSR count). The standard InChI is InChI=1S/C20H23F3N2O4S2/c1-14-4-9-18(30-14)31(27,28)25-10-2-3-16(12-25)19(26)24-11-15-5-7-17(8-6-15)29-13-20(21,22)23/h4-9,16H,2-3,10-13H2,1H3,(H,24,26)/t16-/m0/s1. The van der Waals surface area contributed by atoms with Gasteiger partial charge in [0.1, 0.15) is 9.96 Å². The maximum Gasteiger partial charge on any atom is 0.422 e. The van der Waals surface area contributed by atoms with Crippen LogP contribution in [0, 0.1) is 12.8 Å². The molecule has 1 aromatic carbocycles. The van der Waals surface area contributed by atoms with Crippen LogP contribution in [-0.4, -0.2) is 44.5 Å². The highest BCUT2D eigenvalue weighted by Crippen LogP contribution is 2.28. The summed E-state index contributed by atoms with van der Waals surface area (Å²) in [7, 11) is -3.62. The Kier molecular flexibility index (Phi) is 7.28. The Labute approximate surface area is 183 Å². The van der Waals surface area contributed by atoms with E-state index >= 15 is 0 Å². The highest BCUT2D eigenvalue weighted by atomic mass is 32.2. The SMILES string of the molecule is Cc1ccc(S(=O)(=O)N2CCC[C@H](C(=O)NCc3ccc(OCC(F)(F)F)cc3)C2)s1. The summed E-state index contributed by atoms with van der Waals surface area (Å²) in [4.78, 5) is 13.5. The fourth-order valence-electron chi connectivity index (χ4n) is 3.25. The predicted molar refractivity (Wildman–Crippen MR) is 110 cm³/mol. The first-order chi connectivity index (χ1) is 14.5. The number of hydrogen-bond acceptors (Lipinski definition) is 5. The Bertz CT molecular complexity index is 1000. The van der Waals surface area contributed by atoms with Gasteiger partial charge >= 0.3 is 6.18 Å². The Hall–Kier alpha value is -2.11. The average Bonchev–Trinajstić information content (AvgIpc) is 3.18. The average molecular weight is 477 g/mol. The molecule has 1 atom stereocenters. The van der Waals surface area contributed by atoms with Gasteiger partial charge in [0.2, 0.25) is 5.91 Å². The van der Waals surface area contributed by atoms with Crippen LogP contribution in [0.15, 0.2) is 40.6 Å². The quantitative estimate of drug-likeness (QED) is 0.661. The molecular weight excluding hydrogens is 453 g/mol. The number of carbonyl (C=O) groups is 1. The number of sulfonamides is 1. The molecule has 31 heavy (non-hydrogen) atoms. The van der Waals surface area contributed by atoms with Crippen molar-refractivity contribution in [2.75, 3.05) is 19.7 Å². The number of thiophene rings is 1. The molecule has 0 radical (unpaired) electrons. The van der Waals surface area contributed by atoms with E-state index in [0.717, 1.165) is 4.88 Å². The van der Waals surface area contributed by atoms with Gasteiger partial charge in [0.05, 0.1) is 5.92 Å². The molecule has 1 N–H and O–H groups in total. The Morgan fingerprint density at radius 1 is 1.23 bits per heavy atom. The van der Waals surface area contributed by atoms with Gasteiger partial charge in [0, 0.05) is 24.5 Å². The summed E-state index contributed by atoms with van der Waals surface area (Å²) in [6.07, 6.45) is -3.23. The van der Waals surface area contributed by atoms with Crippen molar-refractivity contribution >= 4 is 27.3 Å². The molecule has 2 heterocycles. The molecule has 0 aliphatic carbocycles. The molecule has 1 saturated heterocycles. The number of aryl methyl sites for hydroxylation is 1. The molecule has 1 aliphatic rings. The Morgan fingerprint density at radius 2 is 1.94 bits per heavy atom. The number of alkyl halides is 3. The maximum atomic E-state index is 12.8. The van der Waals surface area contributed by atoms with Crippen molar-refractivity contribution in [2.24, 2.45) is 5.92 Å². The fourth-order valence-corrected chi connectivity index (χ4v) is 6.22. The van der Waals surface area contributed by atoms with Crippen LogP contribution in [0.25, 0.3) is 0 Å². The molecule has 6 nitrogen and oxygen atoms in total. The summed E-state index contributed by atoms with van der Waals surface area (Å²) < 4.78 is 68.5. The van der Waals surface area contributed by atoms with Crippen molar-refractivity contribution in [3.63, 3.8) is 0 Å². The predicted octanol–water partition coefficient (Wildman–Crippen LogP) is 3.71. The number of rotatable bonds is 7. The van der Waals surface area contributed by atoms with E-state index in [0.29, 0.717) is 24.9 Å². The van der Waals surface area contributed by atoms with Gasteiger partial charge in [-0.05, 0) is 49.6 Å². The molecule has 0 saturated carbocycles. The maximum absolute atomic E-state index is 12.8. The summed E-state index contributed by atoms with van der Waals surface area (Å²) in [5, 5.41) is 2.78. The van der Waals surface area contributed by atoms with Crippen LogP contribution in [-0.2, 0) is 21.4 Å². The van der Waals surface area contributed by atoms with Gasteiger partial charge in [-0.1, -0.05) is 12.1 Å². The minimum atomic E-state index is -4.41. The summed E-state index contributed by atoms with van der Waals surface area (Å²) in [5.41, 5.74) is 0.696. The van der Waals surface area contributed by atoms with E-state index in [4.69, 9.17) is 0 Å². The minimum absolute atomic E-state index is 0.0874. The van der Waals surface area contributed by atoms with Crippen molar-refractivity contribution in [1.82, 2.24) is 9.62 Å². The number of nitrogens with zero attached hydrogens (tertiary/aromatic N) is 1. The molecule has 2 aromatic rings. The van der Waals surface area contributed by atoms with Crippen molar-refractivity contribution < 1.29 is 31.1 Å². The normalized spacial score (nSPS) is 18.0. The van der Waals surface area contributed by atoms with Crippen LogP contribution in [0.5, 0.6) is 5.75 Å². The molecule has 1 aliphatic heterocycles. The van der Waals surface area contributed by atoms with Gasteiger partial charge in [-0.25, -0.2) is 8.42 Å². The van der Waals surface area contributed by atoms with Gasteiger partial charge in [-0.15, -0.1) is 11.3 Å². The fraction of sp³-hybridized carbons (Fsp3) is 0.450. The lowest BCUT2D eigenvalue weighted by molar-refractivity contribution is -0.153. The Morgan fingerprint density at radius 3 is 2.55 bits per heavy atom. The zero-order valence-electron chi connectivity index (χ0n) is 16.8. The highest BCUT2D eigenvalue weighted by Gasteiger charge is 2.34. The van der Waals surface area contributed by atoms with Gasteiger partial charge < -0.3 is 10.1 Å². The molecular formula is C20H23F3N2O4S2. The number of hydrogen-bond donors (Lipinski definition) is 1. The second-order valence-electron chi connectivity index (χ2n) is 7.33. The summed E-state index contributed by atoms with van der Waals surface area (Å²) in [5.74, 6) is -0.622. The van der Waals surface area contributed by atoms with E-state index in [2.05, 4.69) is 10.1 Å². The minimum Gasteiger partial charge on any atom is -0.484 e. The van der Waals surface area contributed by atoms with E-state index in [9.17, 15) is 26.4 Å². The first-order valence-electron chi connectivity index (χ1n) is 9.67. The van der Waals surface area contributed by atoms with Gasteiger partial charge in [0.15, 0.2) is 6.61 Å². The van der Waals surface area contributed by atoms with Crippen LogP contribution in [0.4, 0.5) is 13.2 Å². The van der Waals surface area contributed by atoms with E-state index in [1.807, 2.05) is 6.92 Å². The topological polar surface area (TPSA) is 75.7 Å². The number of amides is 1. The van der Waals surface area contributed by atoms with Gasteiger partial charge in [-0.3, -0.25) is 4.79 Å². The van der Waals surface area contributed by atoms with Crippen LogP contribution >= 0.6 is 11.3 Å². The van der Waals surface area contributed by atoms with E-state index in [1.165, 1.54) is 27.8 Å². The number of halogens is 3. The largest absolute Gasteiger partial charge is 0.484 e. The Balaban J connectivity index is 1.53. The summed E-state index contributed by atoms with van der Waals surface area (Å²) in [6, 6.07) is 9.30. The molecule has 1 fully saturated rings. The second kappa shape index (κ2) is 9.58. The van der Waals surface area contributed by atoms with E-state index < -0.39 is 28.7 Å². The van der Waals surface area contributed by atoms with Crippen molar-refractivity contribution in [1.29, 1.82) is 0 Å². The zero-order valence-corrected chi connectivity index (χ0v) is 18.4. The number of nitrogens with one attached hydrogen (secondary N) is 1. The van der Waals surface area contributed by atoms with Crippen molar-refractivity contribution in [3.05, 3.63) is 46.8 Å². The highest BCUT2D eigenvalue weighted by molar-refractivity contribution is 7.91. The van der Waals surface area contributed by atoms with Gasteiger partial charge in [0.25, 0.3) is 10.0 Å². The molecule has 170 valence electrons. The molecule has 1 amide bonds. The first kappa shape index (κ1) is 23.6. The number of carbonyl (C=O) groups excluding carboxylic acids is 1. The van der Waals surface area contributed by atoms with E-state index in [-0.39, 0.29) is 29.0 Å². The summed E-state index contributed by atoms with van der Waals surface area (Å²) in [6.45, 7) is 1.16. The first-order valence-corrected chi connectivity index (χ1v) is 11.9. The molecule has 1 aromatic heterocycles. The third kappa shape index (κ3) is 6.44. The van der Waals surface area contributed by atoms with Crippen LogP contribution in [0.3, 0.4) is 0 Å². The zero-order chi connectivity index (χ0) is 22.6. The van der Waals surface area contributed by atoms with Gasteiger partial charge in [-0.2, -0.15) is 17.5 Å². The monoisotopic (exact) mass is 476 g/mol. The van der Waals surface area contributed by atoms with Crippen LogP contribution in [0.2, 0.25) is 0 Å². The molecule has 0 spiro atoms. The number of piperidine rings is 1. The molecule has 0 unspecified atom stereocenters. The van der Waals surface area contributed by atoms with Crippen molar-refractivity contribution in [3.8, 4) is 5.75 Å². The lowest BCUT2D eigenvalue weighted by Crippen LogP contribution is -2.45. The third-order valence-corrected chi connectivity index (χ3v) is 8.19. The second-order valence-corrected chi connectivity index (χ2v) is 10.8. The summed E-state index contributed by atoms with van der Waals surface area (Å²) >= 11 is 1.21. The van der Waals surface area contributed by atoms with Crippen molar-refractivity contribution in [2.45, 2.75) is 36.7 Å². The number of ether oxygens (including phenoxy) is 1.